The van der Waals surface area contributed by atoms with E-state index in [1.807, 2.05) is 6.92 Å². The maximum atomic E-state index is 12.1. The first-order valence-electron chi connectivity index (χ1n) is 7.89. The van der Waals surface area contributed by atoms with Gasteiger partial charge in [0.15, 0.2) is 0 Å². The number of halogens is 2. The summed E-state index contributed by atoms with van der Waals surface area (Å²) < 4.78 is 29.7. The van der Waals surface area contributed by atoms with Crippen LogP contribution in [-0.4, -0.2) is 28.8 Å². The van der Waals surface area contributed by atoms with Gasteiger partial charge >= 0.3 is 6.61 Å². The van der Waals surface area contributed by atoms with Crippen molar-refractivity contribution in [1.29, 1.82) is 0 Å². The Morgan fingerprint density at radius 2 is 1.96 bits per heavy atom. The molecule has 0 unspecified atom stereocenters. The van der Waals surface area contributed by atoms with Gasteiger partial charge in [-0.1, -0.05) is 19.1 Å². The van der Waals surface area contributed by atoms with Gasteiger partial charge in [-0.15, -0.1) is 0 Å². The molecule has 2 rings (SSSR count). The number of carbonyl (C=O) groups is 1. The molecule has 25 heavy (non-hydrogen) atoms. The summed E-state index contributed by atoms with van der Waals surface area (Å²) in [5, 5.41) is 6.75. The smallest absolute Gasteiger partial charge is 0.387 e. The Morgan fingerprint density at radius 1 is 1.24 bits per heavy atom. The number of aromatic nitrogens is 2. The lowest BCUT2D eigenvalue weighted by molar-refractivity contribution is -0.0498. The van der Waals surface area contributed by atoms with E-state index in [2.05, 4.69) is 15.2 Å². The highest BCUT2D eigenvalue weighted by atomic mass is 19.3. The first-order valence-corrected chi connectivity index (χ1v) is 7.89. The summed E-state index contributed by atoms with van der Waals surface area (Å²) in [6.45, 7) is -0.137. The van der Waals surface area contributed by atoms with Crippen LogP contribution < -0.4 is 15.6 Å². The number of benzene rings is 1. The zero-order valence-electron chi connectivity index (χ0n) is 13.7. The molecule has 0 bridgehead atoms. The minimum atomic E-state index is -2.85. The lowest BCUT2D eigenvalue weighted by atomic mass is 10.1. The van der Waals surface area contributed by atoms with Gasteiger partial charge in [0, 0.05) is 19.2 Å². The number of alkyl halides is 2. The van der Waals surface area contributed by atoms with Crippen molar-refractivity contribution in [3.8, 4) is 5.75 Å². The maximum Gasteiger partial charge on any atom is 0.387 e. The number of aryl methyl sites for hydroxylation is 1. The number of amides is 1. The lowest BCUT2D eigenvalue weighted by Gasteiger charge is -2.08. The maximum absolute atomic E-state index is 12.1. The Bertz CT molecular complexity index is 760. The number of carbonyl (C=O) groups excluding carboxylic acids is 1. The van der Waals surface area contributed by atoms with Gasteiger partial charge in [0.2, 0.25) is 0 Å². The van der Waals surface area contributed by atoms with Crippen LogP contribution in [0.1, 0.15) is 29.4 Å². The van der Waals surface area contributed by atoms with Gasteiger partial charge in [-0.05, 0) is 36.6 Å². The molecule has 134 valence electrons. The van der Waals surface area contributed by atoms with Crippen molar-refractivity contribution in [2.24, 2.45) is 0 Å². The molecule has 0 fully saturated rings. The van der Waals surface area contributed by atoms with E-state index >= 15 is 0 Å². The first kappa shape index (κ1) is 18.6. The molecule has 0 aliphatic rings. The minimum Gasteiger partial charge on any atom is -0.435 e. The van der Waals surface area contributed by atoms with Crippen LogP contribution in [0.5, 0.6) is 5.75 Å². The van der Waals surface area contributed by atoms with Crippen molar-refractivity contribution in [3.05, 3.63) is 58.0 Å². The van der Waals surface area contributed by atoms with E-state index in [4.69, 9.17) is 0 Å². The second kappa shape index (κ2) is 8.91. The van der Waals surface area contributed by atoms with Crippen molar-refractivity contribution in [1.82, 2.24) is 15.1 Å². The topological polar surface area (TPSA) is 73.2 Å². The third kappa shape index (κ3) is 5.66. The van der Waals surface area contributed by atoms with E-state index in [0.29, 0.717) is 19.5 Å². The van der Waals surface area contributed by atoms with E-state index in [9.17, 15) is 18.4 Å². The van der Waals surface area contributed by atoms with Crippen molar-refractivity contribution >= 4 is 5.91 Å². The SMILES string of the molecule is CCCn1nc(C(=O)NCCc2ccc(OC(F)F)cc2)ccc1=O. The largest absolute Gasteiger partial charge is 0.435 e. The Kier molecular flexibility index (Phi) is 6.62. The fourth-order valence-corrected chi connectivity index (χ4v) is 2.19. The highest BCUT2D eigenvalue weighted by Gasteiger charge is 2.09. The van der Waals surface area contributed by atoms with Crippen LogP contribution >= 0.6 is 0 Å². The van der Waals surface area contributed by atoms with E-state index in [0.717, 1.165) is 12.0 Å². The molecule has 1 heterocycles. The number of rotatable bonds is 8. The number of nitrogens with zero attached hydrogens (tertiary/aromatic N) is 2. The van der Waals surface area contributed by atoms with Crippen LogP contribution in [0.2, 0.25) is 0 Å². The molecular formula is C17H19F2N3O3. The van der Waals surface area contributed by atoms with Crippen LogP contribution in [0.3, 0.4) is 0 Å². The van der Waals surface area contributed by atoms with Crippen LogP contribution in [0.4, 0.5) is 8.78 Å². The Labute approximate surface area is 143 Å². The standard InChI is InChI=1S/C17H19F2N3O3/c1-2-11-22-15(23)8-7-14(21-22)16(24)20-10-9-12-3-5-13(6-4-12)25-17(18)19/h3-8,17H,2,9-11H2,1H3,(H,20,24). The molecule has 0 aliphatic heterocycles. The quantitative estimate of drug-likeness (QED) is 0.792. The van der Waals surface area contributed by atoms with Gasteiger partial charge in [0.25, 0.3) is 11.5 Å². The summed E-state index contributed by atoms with van der Waals surface area (Å²) in [7, 11) is 0. The molecule has 1 aromatic heterocycles. The summed E-state index contributed by atoms with van der Waals surface area (Å²) in [6.07, 6.45) is 1.26. The predicted octanol–water partition coefficient (Wildman–Crippen LogP) is 2.23. The number of hydrogen-bond acceptors (Lipinski definition) is 4. The van der Waals surface area contributed by atoms with Gasteiger partial charge in [-0.25, -0.2) is 4.68 Å². The molecular weight excluding hydrogens is 332 g/mol. The average Bonchev–Trinajstić information content (AvgIpc) is 2.58. The normalized spacial score (nSPS) is 10.7. The summed E-state index contributed by atoms with van der Waals surface area (Å²) in [6, 6.07) is 8.92. The van der Waals surface area contributed by atoms with Crippen molar-refractivity contribution in [3.63, 3.8) is 0 Å². The monoisotopic (exact) mass is 351 g/mol. The molecule has 0 saturated heterocycles. The molecule has 1 aromatic carbocycles. The molecule has 0 spiro atoms. The van der Waals surface area contributed by atoms with E-state index in [-0.39, 0.29) is 22.9 Å². The highest BCUT2D eigenvalue weighted by Crippen LogP contribution is 2.14. The average molecular weight is 351 g/mol. The zero-order valence-corrected chi connectivity index (χ0v) is 13.7. The molecule has 6 nitrogen and oxygen atoms in total. The minimum absolute atomic E-state index is 0.0881. The molecule has 8 heteroatoms. The van der Waals surface area contributed by atoms with Crippen LogP contribution in [0.15, 0.2) is 41.2 Å². The Hall–Kier alpha value is -2.77. The predicted molar refractivity (Wildman–Crippen MR) is 87.9 cm³/mol. The van der Waals surface area contributed by atoms with Crippen molar-refractivity contribution in [2.45, 2.75) is 32.9 Å². The number of ether oxygens (including phenoxy) is 1. The van der Waals surface area contributed by atoms with Gasteiger partial charge in [0.05, 0.1) is 0 Å². The molecule has 0 radical (unpaired) electrons. The van der Waals surface area contributed by atoms with Gasteiger partial charge < -0.3 is 10.1 Å². The van der Waals surface area contributed by atoms with Gasteiger partial charge in [0.1, 0.15) is 11.4 Å². The Morgan fingerprint density at radius 3 is 2.60 bits per heavy atom. The van der Waals surface area contributed by atoms with E-state index in [1.165, 1.54) is 28.9 Å². The van der Waals surface area contributed by atoms with E-state index in [1.54, 1.807) is 12.1 Å². The van der Waals surface area contributed by atoms with Gasteiger partial charge in [-0.2, -0.15) is 13.9 Å². The van der Waals surface area contributed by atoms with Crippen LogP contribution in [-0.2, 0) is 13.0 Å². The summed E-state index contributed by atoms with van der Waals surface area (Å²) in [5.74, 6) is -0.285. The third-order valence-electron chi connectivity index (χ3n) is 3.38. The number of nitrogens with one attached hydrogen (secondary N) is 1. The first-order chi connectivity index (χ1) is 12.0. The molecule has 0 aliphatic carbocycles. The Balaban J connectivity index is 1.88. The highest BCUT2D eigenvalue weighted by molar-refractivity contribution is 5.91. The molecule has 2 aromatic rings. The van der Waals surface area contributed by atoms with E-state index < -0.39 is 6.61 Å². The van der Waals surface area contributed by atoms with Gasteiger partial charge in [-0.3, -0.25) is 9.59 Å². The molecule has 0 atom stereocenters. The lowest BCUT2D eigenvalue weighted by Crippen LogP contribution is -2.30. The second-order valence-corrected chi connectivity index (χ2v) is 5.31. The molecule has 0 saturated carbocycles. The van der Waals surface area contributed by atoms with Crippen LogP contribution in [0, 0.1) is 0 Å². The fourth-order valence-electron chi connectivity index (χ4n) is 2.19. The summed E-state index contributed by atoms with van der Waals surface area (Å²) in [5.41, 5.74) is 0.795. The summed E-state index contributed by atoms with van der Waals surface area (Å²) >= 11 is 0. The molecule has 1 N–H and O–H groups in total. The van der Waals surface area contributed by atoms with Crippen LogP contribution in [0.25, 0.3) is 0 Å². The zero-order chi connectivity index (χ0) is 18.2. The summed E-state index contributed by atoms with van der Waals surface area (Å²) in [4.78, 5) is 23.7. The van der Waals surface area contributed by atoms with Crippen molar-refractivity contribution < 1.29 is 18.3 Å². The second-order valence-electron chi connectivity index (χ2n) is 5.31. The number of hydrogen-bond donors (Lipinski definition) is 1. The van der Waals surface area contributed by atoms with Crippen molar-refractivity contribution in [2.75, 3.05) is 6.54 Å². The third-order valence-corrected chi connectivity index (χ3v) is 3.38. The molecule has 1 amide bonds. The fraction of sp³-hybridized carbons (Fsp3) is 0.353.